The van der Waals surface area contributed by atoms with Crippen LogP contribution in [0.4, 0.5) is 5.82 Å². The van der Waals surface area contributed by atoms with E-state index in [1.165, 1.54) is 11.8 Å². The fraction of sp³-hybridized carbons (Fsp3) is 0.444. The van der Waals surface area contributed by atoms with Gasteiger partial charge in [0.15, 0.2) is 0 Å². The maximum atomic E-state index is 12.3. The van der Waals surface area contributed by atoms with Gasteiger partial charge in [0.1, 0.15) is 5.82 Å². The van der Waals surface area contributed by atoms with Gasteiger partial charge >= 0.3 is 0 Å². The third-order valence-corrected chi connectivity index (χ3v) is 4.95. The van der Waals surface area contributed by atoms with Crippen LogP contribution < -0.4 is 4.90 Å². The van der Waals surface area contributed by atoms with Gasteiger partial charge in [-0.3, -0.25) is 4.79 Å². The number of hydrogen-bond acceptors (Lipinski definition) is 3. The Kier molecular flexibility index (Phi) is 3.45. The highest BCUT2D eigenvalue weighted by Gasteiger charge is 2.31. The lowest BCUT2D eigenvalue weighted by Gasteiger charge is -2.38. The number of fused-ring (bicyclic) bond motifs is 1. The summed E-state index contributed by atoms with van der Waals surface area (Å²) in [6.07, 6.45) is 3.40. The van der Waals surface area contributed by atoms with Crippen LogP contribution in [0.3, 0.4) is 0 Å². The molecule has 4 heteroatoms. The number of amides is 1. The molecule has 22 heavy (non-hydrogen) atoms. The number of nitrogens with zero attached hydrogens (tertiary/aromatic N) is 3. The van der Waals surface area contributed by atoms with E-state index in [2.05, 4.69) is 29.2 Å². The zero-order valence-corrected chi connectivity index (χ0v) is 12.7. The predicted molar refractivity (Wildman–Crippen MR) is 87.9 cm³/mol. The second-order valence-corrected chi connectivity index (χ2v) is 6.30. The van der Waals surface area contributed by atoms with E-state index in [9.17, 15) is 4.79 Å². The van der Waals surface area contributed by atoms with Crippen molar-refractivity contribution in [2.75, 3.05) is 31.1 Å². The number of carbonyl (C=O) groups is 1. The molecule has 1 saturated carbocycles. The van der Waals surface area contributed by atoms with Gasteiger partial charge in [-0.1, -0.05) is 24.6 Å². The Labute approximate surface area is 130 Å². The summed E-state index contributed by atoms with van der Waals surface area (Å²) in [5.74, 6) is 1.71. The molecule has 0 radical (unpaired) electrons. The average molecular weight is 295 g/mol. The van der Waals surface area contributed by atoms with Crippen LogP contribution in [0.5, 0.6) is 0 Å². The first kappa shape index (κ1) is 13.6. The van der Waals surface area contributed by atoms with Crippen molar-refractivity contribution >= 4 is 22.6 Å². The second kappa shape index (κ2) is 5.59. The lowest BCUT2D eigenvalue weighted by molar-refractivity contribution is -0.138. The van der Waals surface area contributed by atoms with Gasteiger partial charge in [-0.25, -0.2) is 4.98 Å². The summed E-state index contributed by atoms with van der Waals surface area (Å²) in [7, 11) is 0. The molecule has 1 amide bonds. The van der Waals surface area contributed by atoms with Crippen LogP contribution in [0.15, 0.2) is 36.4 Å². The fourth-order valence-corrected chi connectivity index (χ4v) is 3.30. The summed E-state index contributed by atoms with van der Waals surface area (Å²) in [5, 5.41) is 1.17. The second-order valence-electron chi connectivity index (χ2n) is 6.30. The third-order valence-electron chi connectivity index (χ3n) is 4.95. The molecule has 0 unspecified atom stereocenters. The van der Waals surface area contributed by atoms with Gasteiger partial charge in [0, 0.05) is 37.5 Å². The summed E-state index contributed by atoms with van der Waals surface area (Å²) >= 11 is 0. The number of hydrogen-bond donors (Lipinski definition) is 0. The number of benzene rings is 1. The number of rotatable bonds is 2. The van der Waals surface area contributed by atoms with Crippen molar-refractivity contribution in [3.05, 3.63) is 36.4 Å². The first-order valence-electron chi connectivity index (χ1n) is 8.21. The SMILES string of the molecule is O=C(C1CCC1)N1CCN(c2ccc3ccccc3n2)CC1. The first-order chi connectivity index (χ1) is 10.8. The Hall–Kier alpha value is -2.10. The molecule has 2 aromatic rings. The number of carbonyl (C=O) groups excluding carboxylic acids is 1. The van der Waals surface area contributed by atoms with Crippen molar-refractivity contribution < 1.29 is 4.79 Å². The molecule has 1 aromatic carbocycles. The maximum absolute atomic E-state index is 12.3. The lowest BCUT2D eigenvalue weighted by Crippen LogP contribution is -2.51. The molecule has 1 aliphatic heterocycles. The molecule has 1 aromatic heterocycles. The van der Waals surface area contributed by atoms with Crippen molar-refractivity contribution in [3.8, 4) is 0 Å². The number of piperazine rings is 1. The Bertz CT molecular complexity index is 688. The van der Waals surface area contributed by atoms with Crippen molar-refractivity contribution in [3.63, 3.8) is 0 Å². The quantitative estimate of drug-likeness (QED) is 0.854. The minimum atomic E-state index is 0.311. The summed E-state index contributed by atoms with van der Waals surface area (Å²) in [5.41, 5.74) is 1.04. The van der Waals surface area contributed by atoms with E-state index in [-0.39, 0.29) is 0 Å². The summed E-state index contributed by atoms with van der Waals surface area (Å²) < 4.78 is 0. The topological polar surface area (TPSA) is 36.4 Å². The Morgan fingerprint density at radius 2 is 1.77 bits per heavy atom. The molecule has 1 saturated heterocycles. The Balaban J connectivity index is 1.44. The van der Waals surface area contributed by atoms with Gasteiger partial charge in [-0.2, -0.15) is 0 Å². The summed E-state index contributed by atoms with van der Waals surface area (Å²) in [4.78, 5) is 21.4. The molecule has 2 fully saturated rings. The minimum absolute atomic E-state index is 0.311. The fourth-order valence-electron chi connectivity index (χ4n) is 3.30. The standard InChI is InChI=1S/C18H21N3O/c22-18(15-5-3-6-15)21-12-10-20(11-13-21)17-9-8-14-4-1-2-7-16(14)19-17/h1-2,4,7-9,15H,3,5-6,10-13H2. The molecule has 2 aliphatic rings. The normalized spacial score (nSPS) is 19.3. The first-order valence-corrected chi connectivity index (χ1v) is 8.21. The zero-order chi connectivity index (χ0) is 14.9. The van der Waals surface area contributed by atoms with Crippen LogP contribution >= 0.6 is 0 Å². The van der Waals surface area contributed by atoms with Crippen LogP contribution in [-0.2, 0) is 4.79 Å². The average Bonchev–Trinajstić information content (AvgIpc) is 2.53. The van der Waals surface area contributed by atoms with Crippen LogP contribution in [-0.4, -0.2) is 42.0 Å². The van der Waals surface area contributed by atoms with Crippen molar-refractivity contribution in [1.82, 2.24) is 9.88 Å². The van der Waals surface area contributed by atoms with Crippen molar-refractivity contribution in [1.29, 1.82) is 0 Å². The molecular formula is C18H21N3O. The number of aromatic nitrogens is 1. The van der Waals surface area contributed by atoms with Crippen molar-refractivity contribution in [2.45, 2.75) is 19.3 Å². The van der Waals surface area contributed by atoms with E-state index in [0.29, 0.717) is 11.8 Å². The van der Waals surface area contributed by atoms with Crippen LogP contribution in [0.1, 0.15) is 19.3 Å². The molecule has 114 valence electrons. The molecule has 2 heterocycles. The number of para-hydroxylation sites is 1. The van der Waals surface area contributed by atoms with Gasteiger partial charge in [0.2, 0.25) is 5.91 Å². The van der Waals surface area contributed by atoms with E-state index in [1.807, 2.05) is 17.0 Å². The smallest absolute Gasteiger partial charge is 0.225 e. The highest BCUT2D eigenvalue weighted by molar-refractivity contribution is 5.81. The van der Waals surface area contributed by atoms with Crippen LogP contribution in [0, 0.1) is 5.92 Å². The molecule has 0 N–H and O–H groups in total. The maximum Gasteiger partial charge on any atom is 0.225 e. The van der Waals surface area contributed by atoms with Crippen molar-refractivity contribution in [2.24, 2.45) is 5.92 Å². The lowest BCUT2D eigenvalue weighted by atomic mass is 9.84. The van der Waals surface area contributed by atoms with Crippen LogP contribution in [0.25, 0.3) is 10.9 Å². The largest absolute Gasteiger partial charge is 0.353 e. The predicted octanol–water partition coefficient (Wildman–Crippen LogP) is 2.68. The molecule has 4 rings (SSSR count). The van der Waals surface area contributed by atoms with E-state index in [4.69, 9.17) is 4.98 Å². The van der Waals surface area contributed by atoms with Gasteiger partial charge in [-0.05, 0) is 31.0 Å². The molecule has 0 bridgehead atoms. The Morgan fingerprint density at radius 1 is 1.00 bits per heavy atom. The zero-order valence-electron chi connectivity index (χ0n) is 12.7. The minimum Gasteiger partial charge on any atom is -0.353 e. The van der Waals surface area contributed by atoms with Gasteiger partial charge < -0.3 is 9.80 Å². The molecule has 1 aliphatic carbocycles. The molecule has 0 atom stereocenters. The van der Waals surface area contributed by atoms with E-state index in [0.717, 1.165) is 50.4 Å². The summed E-state index contributed by atoms with van der Waals surface area (Å²) in [6.45, 7) is 3.40. The monoisotopic (exact) mass is 295 g/mol. The highest BCUT2D eigenvalue weighted by Crippen LogP contribution is 2.29. The highest BCUT2D eigenvalue weighted by atomic mass is 16.2. The van der Waals surface area contributed by atoms with E-state index < -0.39 is 0 Å². The summed E-state index contributed by atoms with van der Waals surface area (Å²) in [6, 6.07) is 12.4. The van der Waals surface area contributed by atoms with Gasteiger partial charge in [0.25, 0.3) is 0 Å². The molecular weight excluding hydrogens is 274 g/mol. The molecule has 4 nitrogen and oxygen atoms in total. The third kappa shape index (κ3) is 2.43. The number of anilines is 1. The van der Waals surface area contributed by atoms with Crippen LogP contribution in [0.2, 0.25) is 0 Å². The van der Waals surface area contributed by atoms with E-state index >= 15 is 0 Å². The van der Waals surface area contributed by atoms with Gasteiger partial charge in [0.05, 0.1) is 5.52 Å². The van der Waals surface area contributed by atoms with E-state index in [1.54, 1.807) is 0 Å². The Morgan fingerprint density at radius 3 is 2.50 bits per heavy atom. The molecule has 0 spiro atoms. The van der Waals surface area contributed by atoms with Gasteiger partial charge in [-0.15, -0.1) is 0 Å². The number of pyridine rings is 1.